The lowest BCUT2D eigenvalue weighted by Crippen LogP contribution is -2.14. The van der Waals surface area contributed by atoms with Crippen LogP contribution in [0.25, 0.3) is 0 Å². The van der Waals surface area contributed by atoms with Crippen molar-refractivity contribution in [2.75, 3.05) is 13.2 Å². The lowest BCUT2D eigenvalue weighted by atomic mass is 10.1. The first-order chi connectivity index (χ1) is 7.50. The maximum Gasteiger partial charge on any atom is 0.171 e. The molecular weight excluding hydrogens is 331 g/mol. The number of halogens is 1. The second-order valence-corrected chi connectivity index (χ2v) is 7.81. The third-order valence-electron chi connectivity index (χ3n) is 2.21. The predicted octanol–water partition coefficient (Wildman–Crippen LogP) is 3.29. The molecule has 0 aliphatic carbocycles. The molecule has 90 valence electrons. The largest absolute Gasteiger partial charge is 0.491 e. The van der Waals surface area contributed by atoms with Crippen molar-refractivity contribution >= 4 is 31.6 Å². The third kappa shape index (κ3) is 4.43. The quantitative estimate of drug-likeness (QED) is 0.461. The van der Waals surface area contributed by atoms with Gasteiger partial charge in [-0.1, -0.05) is 0 Å². The van der Waals surface area contributed by atoms with Crippen LogP contribution in [0.4, 0.5) is 0 Å². The zero-order chi connectivity index (χ0) is 12.1. The average molecular weight is 350 g/mol. The van der Waals surface area contributed by atoms with Gasteiger partial charge in [-0.25, -0.2) is 0 Å². The molecule has 0 aromatic heterocycles. The molecule has 1 aromatic carbocycles. The topological polar surface area (TPSA) is 18.5 Å². The van der Waals surface area contributed by atoms with Crippen LogP contribution < -0.4 is 4.74 Å². The lowest BCUT2D eigenvalue weighted by Gasteiger charge is -2.13. The van der Waals surface area contributed by atoms with E-state index in [0.717, 1.165) is 5.75 Å². The summed E-state index contributed by atoms with van der Waals surface area (Å²) in [6.45, 7) is 9.86. The van der Waals surface area contributed by atoms with E-state index < -0.39 is 9.04 Å². The monoisotopic (exact) mass is 350 g/mol. The number of rotatable bonds is 5. The van der Waals surface area contributed by atoms with E-state index in [-0.39, 0.29) is 0 Å². The Hall–Kier alpha value is -0.0731. The molecular formula is C12H19IO2Si. The van der Waals surface area contributed by atoms with Crippen molar-refractivity contribution in [3.63, 3.8) is 0 Å². The van der Waals surface area contributed by atoms with Crippen LogP contribution in [0.2, 0.25) is 13.1 Å². The first-order valence-corrected chi connectivity index (χ1v) is 9.38. The van der Waals surface area contributed by atoms with Gasteiger partial charge in [0.15, 0.2) is 9.04 Å². The Morgan fingerprint density at radius 2 is 1.69 bits per heavy atom. The van der Waals surface area contributed by atoms with Crippen LogP contribution in [0.5, 0.6) is 5.75 Å². The van der Waals surface area contributed by atoms with Gasteiger partial charge < -0.3 is 9.16 Å². The van der Waals surface area contributed by atoms with Crippen molar-refractivity contribution in [2.24, 2.45) is 0 Å². The minimum atomic E-state index is -0.910. The van der Waals surface area contributed by atoms with Gasteiger partial charge >= 0.3 is 0 Å². The molecule has 1 aromatic rings. The zero-order valence-corrected chi connectivity index (χ0v) is 13.7. The molecule has 1 rings (SSSR count). The summed E-state index contributed by atoms with van der Waals surface area (Å²) >= 11 is 2.33. The Morgan fingerprint density at radius 3 is 2.19 bits per heavy atom. The summed E-state index contributed by atoms with van der Waals surface area (Å²) in [5.41, 5.74) is 2.40. The lowest BCUT2D eigenvalue weighted by molar-refractivity contribution is 0.217. The van der Waals surface area contributed by atoms with Crippen molar-refractivity contribution in [1.29, 1.82) is 0 Å². The first kappa shape index (κ1) is 14.0. The van der Waals surface area contributed by atoms with E-state index in [2.05, 4.69) is 61.7 Å². The molecule has 0 saturated heterocycles. The van der Waals surface area contributed by atoms with E-state index in [1.54, 1.807) is 0 Å². The third-order valence-corrected chi connectivity index (χ3v) is 3.73. The number of aryl methyl sites for hydroxylation is 2. The van der Waals surface area contributed by atoms with E-state index >= 15 is 0 Å². The van der Waals surface area contributed by atoms with E-state index in [1.165, 1.54) is 14.7 Å². The Morgan fingerprint density at radius 1 is 1.12 bits per heavy atom. The second kappa shape index (κ2) is 6.61. The Kier molecular flexibility index (Phi) is 5.78. The van der Waals surface area contributed by atoms with Crippen molar-refractivity contribution in [2.45, 2.75) is 26.9 Å². The van der Waals surface area contributed by atoms with Crippen molar-refractivity contribution in [3.8, 4) is 5.75 Å². The highest BCUT2D eigenvalue weighted by Crippen LogP contribution is 2.25. The number of hydrogen-bond donors (Lipinski definition) is 0. The molecule has 0 aliphatic rings. The van der Waals surface area contributed by atoms with Gasteiger partial charge in [-0.2, -0.15) is 0 Å². The van der Waals surface area contributed by atoms with Gasteiger partial charge in [0, 0.05) is 3.57 Å². The fourth-order valence-corrected chi connectivity index (χ4v) is 3.05. The van der Waals surface area contributed by atoms with E-state index in [0.29, 0.717) is 13.2 Å². The van der Waals surface area contributed by atoms with E-state index in [9.17, 15) is 0 Å². The van der Waals surface area contributed by atoms with Gasteiger partial charge in [0.25, 0.3) is 0 Å². The van der Waals surface area contributed by atoms with Crippen molar-refractivity contribution in [3.05, 3.63) is 26.8 Å². The van der Waals surface area contributed by atoms with E-state index in [4.69, 9.17) is 9.16 Å². The van der Waals surface area contributed by atoms with Gasteiger partial charge in [0.05, 0.1) is 6.61 Å². The van der Waals surface area contributed by atoms with Crippen LogP contribution in [0.15, 0.2) is 12.1 Å². The summed E-state index contributed by atoms with van der Waals surface area (Å²) in [5.74, 6) is 1.01. The number of benzene rings is 1. The molecule has 0 atom stereocenters. The Balaban J connectivity index is 2.54. The molecule has 0 unspecified atom stereocenters. The molecule has 4 heteroatoms. The maximum atomic E-state index is 5.77. The molecule has 0 saturated carbocycles. The van der Waals surface area contributed by atoms with Crippen molar-refractivity contribution < 1.29 is 9.16 Å². The molecule has 0 radical (unpaired) electrons. The highest BCUT2D eigenvalue weighted by Gasteiger charge is 2.05. The summed E-state index contributed by atoms with van der Waals surface area (Å²) in [7, 11) is -0.910. The van der Waals surface area contributed by atoms with Crippen LogP contribution >= 0.6 is 22.6 Å². The predicted molar refractivity (Wildman–Crippen MR) is 79.0 cm³/mol. The minimum Gasteiger partial charge on any atom is -0.491 e. The van der Waals surface area contributed by atoms with Gasteiger partial charge in [-0.15, -0.1) is 0 Å². The summed E-state index contributed by atoms with van der Waals surface area (Å²) < 4.78 is 12.6. The van der Waals surface area contributed by atoms with Crippen LogP contribution in [0.3, 0.4) is 0 Å². The molecule has 0 bridgehead atoms. The summed E-state index contributed by atoms with van der Waals surface area (Å²) in [6, 6.07) is 4.28. The minimum absolute atomic E-state index is 0.646. The average Bonchev–Trinajstić information content (AvgIpc) is 2.14. The first-order valence-electron chi connectivity index (χ1n) is 5.52. The van der Waals surface area contributed by atoms with E-state index in [1.807, 2.05) is 0 Å². The maximum absolute atomic E-state index is 5.77. The van der Waals surface area contributed by atoms with Gasteiger partial charge in [-0.3, -0.25) is 0 Å². The molecule has 0 heterocycles. The standard InChI is InChI=1S/C12H19IO2Si/c1-9-7-11(13)8-10(2)12(9)14-5-6-15-16(3)4/h7-8,16H,5-6H2,1-4H3. The molecule has 0 spiro atoms. The molecule has 0 amide bonds. The Labute approximate surface area is 113 Å². The van der Waals surface area contributed by atoms with Crippen LogP contribution in [-0.4, -0.2) is 22.3 Å². The number of ether oxygens (including phenoxy) is 1. The smallest absolute Gasteiger partial charge is 0.171 e. The fourth-order valence-electron chi connectivity index (χ4n) is 1.55. The van der Waals surface area contributed by atoms with Gasteiger partial charge in [0.1, 0.15) is 12.4 Å². The number of hydrogen-bond acceptors (Lipinski definition) is 2. The van der Waals surface area contributed by atoms with Crippen LogP contribution in [0.1, 0.15) is 11.1 Å². The zero-order valence-electron chi connectivity index (χ0n) is 10.3. The van der Waals surface area contributed by atoms with Crippen LogP contribution in [-0.2, 0) is 4.43 Å². The van der Waals surface area contributed by atoms with Gasteiger partial charge in [-0.05, 0) is 72.8 Å². The molecule has 2 nitrogen and oxygen atoms in total. The highest BCUT2D eigenvalue weighted by molar-refractivity contribution is 14.1. The van der Waals surface area contributed by atoms with Crippen LogP contribution in [0, 0.1) is 17.4 Å². The molecule has 0 N–H and O–H groups in total. The summed E-state index contributed by atoms with van der Waals surface area (Å²) in [5, 5.41) is 0. The molecule has 0 fully saturated rings. The second-order valence-electron chi connectivity index (χ2n) is 4.14. The fraction of sp³-hybridized carbons (Fsp3) is 0.500. The Bertz CT molecular complexity index is 330. The highest BCUT2D eigenvalue weighted by atomic mass is 127. The normalized spacial score (nSPS) is 10.9. The van der Waals surface area contributed by atoms with Gasteiger partial charge in [0.2, 0.25) is 0 Å². The van der Waals surface area contributed by atoms with Crippen molar-refractivity contribution in [1.82, 2.24) is 0 Å². The molecule has 16 heavy (non-hydrogen) atoms. The molecule has 0 aliphatic heterocycles. The summed E-state index contributed by atoms with van der Waals surface area (Å²) in [6.07, 6.45) is 0. The summed E-state index contributed by atoms with van der Waals surface area (Å²) in [4.78, 5) is 0. The SMILES string of the molecule is Cc1cc(I)cc(C)c1OCCO[SiH](C)C.